The van der Waals surface area contributed by atoms with E-state index < -0.39 is 0 Å². The zero-order chi connectivity index (χ0) is 17.7. The number of halogens is 1. The summed E-state index contributed by atoms with van der Waals surface area (Å²) in [6, 6.07) is 10.9. The molecule has 0 atom stereocenters. The maximum atomic E-state index is 12.8. The van der Waals surface area contributed by atoms with Crippen LogP contribution in [0.4, 0.5) is 0 Å². The van der Waals surface area contributed by atoms with Gasteiger partial charge in [0.25, 0.3) is 5.91 Å². The highest BCUT2D eigenvalue weighted by atomic mass is 79.9. The molecule has 1 amide bonds. The molecule has 5 nitrogen and oxygen atoms in total. The molecule has 0 aliphatic heterocycles. The van der Waals surface area contributed by atoms with Crippen LogP contribution in [0.1, 0.15) is 15.9 Å². The molecule has 128 valence electrons. The van der Waals surface area contributed by atoms with Crippen LogP contribution in [0, 0.1) is 0 Å². The molecule has 0 fully saturated rings. The molecule has 0 aliphatic rings. The van der Waals surface area contributed by atoms with E-state index in [1.54, 1.807) is 51.5 Å². The van der Waals surface area contributed by atoms with E-state index >= 15 is 0 Å². The fourth-order valence-corrected chi connectivity index (χ4v) is 2.82. The second-order valence-corrected chi connectivity index (χ2v) is 6.01. The maximum absolute atomic E-state index is 12.8. The van der Waals surface area contributed by atoms with E-state index in [9.17, 15) is 4.79 Å². The van der Waals surface area contributed by atoms with Gasteiger partial charge in [0, 0.05) is 23.6 Å². The van der Waals surface area contributed by atoms with Crippen LogP contribution in [-0.2, 0) is 6.54 Å². The van der Waals surface area contributed by atoms with Gasteiger partial charge in [0.2, 0.25) is 0 Å². The molecule has 0 N–H and O–H groups in total. The average molecular weight is 394 g/mol. The summed E-state index contributed by atoms with van der Waals surface area (Å²) in [5.41, 5.74) is 1.41. The van der Waals surface area contributed by atoms with Gasteiger partial charge in [-0.05, 0) is 40.2 Å². The van der Waals surface area contributed by atoms with Crippen molar-refractivity contribution < 1.29 is 19.0 Å². The van der Waals surface area contributed by atoms with E-state index in [-0.39, 0.29) is 5.91 Å². The molecule has 2 aromatic rings. The first-order valence-electron chi connectivity index (χ1n) is 7.30. The van der Waals surface area contributed by atoms with E-state index in [0.29, 0.717) is 29.4 Å². The lowest BCUT2D eigenvalue weighted by Gasteiger charge is -2.20. The Labute approximate surface area is 150 Å². The highest BCUT2D eigenvalue weighted by Gasteiger charge is 2.18. The predicted molar refractivity (Wildman–Crippen MR) is 96.0 cm³/mol. The largest absolute Gasteiger partial charge is 0.497 e. The number of ether oxygens (including phenoxy) is 3. The summed E-state index contributed by atoms with van der Waals surface area (Å²) < 4.78 is 16.6. The minimum atomic E-state index is -0.120. The quantitative estimate of drug-likeness (QED) is 0.749. The molecule has 0 heterocycles. The lowest BCUT2D eigenvalue weighted by Crippen LogP contribution is -2.26. The van der Waals surface area contributed by atoms with Crippen LogP contribution in [0.25, 0.3) is 0 Å². The van der Waals surface area contributed by atoms with Crippen LogP contribution in [0.2, 0.25) is 0 Å². The summed E-state index contributed by atoms with van der Waals surface area (Å²) in [6.45, 7) is 0.392. The van der Waals surface area contributed by atoms with Gasteiger partial charge in [0.15, 0.2) is 11.5 Å². The first-order valence-corrected chi connectivity index (χ1v) is 8.10. The number of benzene rings is 2. The molecule has 0 saturated heterocycles. The number of amides is 1. The van der Waals surface area contributed by atoms with Crippen molar-refractivity contribution in [2.45, 2.75) is 6.54 Å². The van der Waals surface area contributed by atoms with Gasteiger partial charge in [-0.15, -0.1) is 0 Å². The van der Waals surface area contributed by atoms with Crippen LogP contribution in [-0.4, -0.2) is 39.2 Å². The lowest BCUT2D eigenvalue weighted by atomic mass is 10.1. The van der Waals surface area contributed by atoms with Crippen molar-refractivity contribution in [3.63, 3.8) is 0 Å². The minimum Gasteiger partial charge on any atom is -0.497 e. The number of para-hydroxylation sites is 1. The molecule has 2 aromatic carbocycles. The summed E-state index contributed by atoms with van der Waals surface area (Å²) >= 11 is 3.42. The third-order valence-corrected chi connectivity index (χ3v) is 4.33. The van der Waals surface area contributed by atoms with Crippen molar-refractivity contribution >= 4 is 21.8 Å². The van der Waals surface area contributed by atoms with Gasteiger partial charge in [-0.3, -0.25) is 4.79 Å². The standard InChI is InChI=1S/C18H20BrNO4/c1-20(11-12-6-5-7-16(23-3)17(12)24-4)18(21)14-10-13(22-2)8-9-15(14)19/h5-10H,11H2,1-4H3. The molecule has 0 radical (unpaired) electrons. The number of rotatable bonds is 6. The van der Waals surface area contributed by atoms with Crippen molar-refractivity contribution in [3.8, 4) is 17.2 Å². The summed E-state index contributed by atoms with van der Waals surface area (Å²) in [5, 5.41) is 0. The van der Waals surface area contributed by atoms with Gasteiger partial charge in [0.1, 0.15) is 5.75 Å². The molecule has 0 unspecified atom stereocenters. The summed E-state index contributed by atoms with van der Waals surface area (Å²) in [4.78, 5) is 14.4. The van der Waals surface area contributed by atoms with E-state index in [4.69, 9.17) is 14.2 Å². The SMILES string of the molecule is COc1ccc(Br)c(C(=O)N(C)Cc2cccc(OC)c2OC)c1. The average Bonchev–Trinajstić information content (AvgIpc) is 2.61. The molecule has 2 rings (SSSR count). The number of methoxy groups -OCH3 is 3. The number of carbonyl (C=O) groups is 1. The van der Waals surface area contributed by atoms with Crippen LogP contribution in [0.15, 0.2) is 40.9 Å². The molecule has 0 aromatic heterocycles. The second kappa shape index (κ2) is 8.06. The molecule has 0 spiro atoms. The number of hydrogen-bond acceptors (Lipinski definition) is 4. The van der Waals surface area contributed by atoms with E-state index in [2.05, 4.69) is 15.9 Å². The molecule has 0 saturated carbocycles. The fraction of sp³-hybridized carbons (Fsp3) is 0.278. The van der Waals surface area contributed by atoms with E-state index in [1.807, 2.05) is 18.2 Å². The highest BCUT2D eigenvalue weighted by molar-refractivity contribution is 9.10. The summed E-state index contributed by atoms with van der Waals surface area (Å²) in [5.74, 6) is 1.78. The Kier molecular flexibility index (Phi) is 6.09. The normalized spacial score (nSPS) is 10.2. The van der Waals surface area contributed by atoms with Crippen molar-refractivity contribution in [1.82, 2.24) is 4.90 Å². The Morgan fingerprint density at radius 2 is 1.83 bits per heavy atom. The Morgan fingerprint density at radius 1 is 1.08 bits per heavy atom. The zero-order valence-electron chi connectivity index (χ0n) is 14.1. The second-order valence-electron chi connectivity index (χ2n) is 5.16. The zero-order valence-corrected chi connectivity index (χ0v) is 15.7. The van der Waals surface area contributed by atoms with Gasteiger partial charge >= 0.3 is 0 Å². The van der Waals surface area contributed by atoms with Gasteiger partial charge in [-0.25, -0.2) is 0 Å². The van der Waals surface area contributed by atoms with E-state index in [1.165, 1.54) is 0 Å². The van der Waals surface area contributed by atoms with E-state index in [0.717, 1.165) is 10.0 Å². The van der Waals surface area contributed by atoms with Gasteiger partial charge in [-0.2, -0.15) is 0 Å². The van der Waals surface area contributed by atoms with Crippen molar-refractivity contribution in [2.24, 2.45) is 0 Å². The van der Waals surface area contributed by atoms with Crippen LogP contribution in [0.5, 0.6) is 17.2 Å². The van der Waals surface area contributed by atoms with Gasteiger partial charge < -0.3 is 19.1 Å². The lowest BCUT2D eigenvalue weighted by molar-refractivity contribution is 0.0782. The van der Waals surface area contributed by atoms with Gasteiger partial charge in [0.05, 0.1) is 26.9 Å². The topological polar surface area (TPSA) is 48.0 Å². The Balaban J connectivity index is 2.27. The van der Waals surface area contributed by atoms with Gasteiger partial charge in [-0.1, -0.05) is 12.1 Å². The maximum Gasteiger partial charge on any atom is 0.255 e. The monoisotopic (exact) mass is 393 g/mol. The Hall–Kier alpha value is -2.21. The first-order chi connectivity index (χ1) is 11.5. The summed E-state index contributed by atoms with van der Waals surface area (Å²) in [7, 11) is 6.49. The fourth-order valence-electron chi connectivity index (χ4n) is 2.41. The number of nitrogens with zero attached hydrogens (tertiary/aromatic N) is 1. The smallest absolute Gasteiger partial charge is 0.255 e. The van der Waals surface area contributed by atoms with Crippen LogP contribution < -0.4 is 14.2 Å². The molecule has 0 bridgehead atoms. The van der Waals surface area contributed by atoms with Crippen molar-refractivity contribution in [1.29, 1.82) is 0 Å². The molecule has 0 aliphatic carbocycles. The Morgan fingerprint density at radius 3 is 2.46 bits per heavy atom. The highest BCUT2D eigenvalue weighted by Crippen LogP contribution is 2.32. The molecular weight excluding hydrogens is 374 g/mol. The third-order valence-electron chi connectivity index (χ3n) is 3.64. The number of carbonyl (C=O) groups excluding carboxylic acids is 1. The van der Waals surface area contributed by atoms with Crippen LogP contribution in [0.3, 0.4) is 0 Å². The molecule has 6 heteroatoms. The van der Waals surface area contributed by atoms with Crippen molar-refractivity contribution in [3.05, 3.63) is 52.0 Å². The Bertz CT molecular complexity index is 733. The minimum absolute atomic E-state index is 0.120. The molecular formula is C18H20BrNO4. The first kappa shape index (κ1) is 18.1. The third kappa shape index (κ3) is 3.82. The molecule has 24 heavy (non-hydrogen) atoms. The predicted octanol–water partition coefficient (Wildman–Crippen LogP) is 3.75. The van der Waals surface area contributed by atoms with Crippen molar-refractivity contribution in [2.75, 3.05) is 28.4 Å². The summed E-state index contributed by atoms with van der Waals surface area (Å²) in [6.07, 6.45) is 0. The number of hydrogen-bond donors (Lipinski definition) is 0. The van der Waals surface area contributed by atoms with Crippen LogP contribution >= 0.6 is 15.9 Å².